The molecule has 136 valence electrons. The molecule has 0 amide bonds. The largest absolute Gasteiger partial charge is 0.463 e. The van der Waals surface area contributed by atoms with Crippen molar-refractivity contribution in [3.05, 3.63) is 60.7 Å². The number of aromatic nitrogens is 5. The van der Waals surface area contributed by atoms with Crippen molar-refractivity contribution in [2.24, 2.45) is 5.41 Å². The summed E-state index contributed by atoms with van der Waals surface area (Å²) in [5, 5.41) is 6.77. The minimum absolute atomic E-state index is 0.138. The van der Waals surface area contributed by atoms with Gasteiger partial charge in [-0.3, -0.25) is 9.89 Å². The Balaban J connectivity index is 2.24. The Hall–Kier alpha value is -2.19. The number of ether oxygens (including phenoxy) is 1. The third-order valence-electron chi connectivity index (χ3n) is 4.03. The Morgan fingerprint density at radius 3 is 2.54 bits per heavy atom. The van der Waals surface area contributed by atoms with E-state index in [0.29, 0.717) is 5.75 Å². The van der Waals surface area contributed by atoms with E-state index in [9.17, 15) is 4.79 Å². The first kappa shape index (κ1) is 18.6. The molecular weight excluding hydrogens is 422 g/mol. The van der Waals surface area contributed by atoms with Gasteiger partial charge in [-0.1, -0.05) is 48.0 Å². The molecule has 0 aliphatic rings. The number of rotatable bonds is 7. The number of carbonyl (C=O) groups is 1. The maximum atomic E-state index is 13.7. The molecule has 26 heavy (non-hydrogen) atoms. The van der Waals surface area contributed by atoms with Crippen LogP contribution in [0.5, 0.6) is 5.75 Å². The highest BCUT2D eigenvalue weighted by Crippen LogP contribution is 2.42. The number of aromatic amines is 2. The summed E-state index contributed by atoms with van der Waals surface area (Å²) in [6.07, 6.45) is 4.53. The third kappa shape index (κ3) is 3.14. The van der Waals surface area contributed by atoms with Gasteiger partial charge in [0.25, 0.3) is 5.60 Å². The molecule has 3 aromatic rings. The molecule has 7 nitrogen and oxygen atoms in total. The van der Waals surface area contributed by atoms with Crippen LogP contribution in [-0.2, 0) is 10.4 Å². The molecule has 0 fully saturated rings. The second-order valence-corrected chi connectivity index (χ2v) is 8.09. The number of carbonyl (C=O) groups excluding carboxylic acids is 1. The molecule has 2 atom stereocenters. The molecule has 0 spiro atoms. The lowest BCUT2D eigenvalue weighted by atomic mass is 9.78. The molecular formula is C17H17BrClN5O2. The topological polar surface area (TPSA) is 96.6 Å². The fraction of sp³-hybridized carbons (Fsp3) is 0.294. The van der Waals surface area contributed by atoms with Crippen LogP contribution < -0.4 is 4.74 Å². The van der Waals surface area contributed by atoms with E-state index in [1.165, 1.54) is 12.5 Å². The number of Topliss-reactive ketones (excluding diaryl/α,β-unsaturated/α-hetero) is 1. The summed E-state index contributed by atoms with van der Waals surface area (Å²) >= 11 is 9.57. The fourth-order valence-electron chi connectivity index (χ4n) is 2.51. The lowest BCUT2D eigenvalue weighted by molar-refractivity contribution is -0.141. The van der Waals surface area contributed by atoms with E-state index in [4.69, 9.17) is 16.3 Å². The maximum Gasteiger partial charge on any atom is 0.284 e. The number of nitrogens with zero attached hydrogens (tertiary/aromatic N) is 3. The SMILES string of the molecule is CC(C)(C(=O)C(Oc1ccccc1)(c1nc[nH]n1)c1ncc[nH]1)C(Cl)Br. The van der Waals surface area contributed by atoms with Crippen LogP contribution >= 0.6 is 27.5 Å². The van der Waals surface area contributed by atoms with E-state index in [-0.39, 0.29) is 17.4 Å². The van der Waals surface area contributed by atoms with E-state index in [1.807, 2.05) is 18.2 Å². The van der Waals surface area contributed by atoms with Crippen molar-refractivity contribution in [3.8, 4) is 5.75 Å². The first-order chi connectivity index (χ1) is 12.4. The quantitative estimate of drug-likeness (QED) is 0.551. The Bertz CT molecular complexity index is 816. The van der Waals surface area contributed by atoms with Crippen molar-refractivity contribution in [1.82, 2.24) is 25.1 Å². The van der Waals surface area contributed by atoms with Crippen molar-refractivity contribution >= 4 is 33.3 Å². The van der Waals surface area contributed by atoms with Gasteiger partial charge in [-0.2, -0.15) is 5.10 Å². The number of benzene rings is 1. The van der Waals surface area contributed by atoms with Crippen molar-refractivity contribution in [3.63, 3.8) is 0 Å². The smallest absolute Gasteiger partial charge is 0.284 e. The van der Waals surface area contributed by atoms with Crippen LogP contribution in [0.1, 0.15) is 25.5 Å². The van der Waals surface area contributed by atoms with Gasteiger partial charge in [0.15, 0.2) is 11.6 Å². The molecule has 2 unspecified atom stereocenters. The third-order valence-corrected chi connectivity index (χ3v) is 5.72. The van der Waals surface area contributed by atoms with Crippen LogP contribution in [0.25, 0.3) is 0 Å². The van der Waals surface area contributed by atoms with Crippen LogP contribution in [0.3, 0.4) is 0 Å². The summed E-state index contributed by atoms with van der Waals surface area (Å²) in [7, 11) is 0. The van der Waals surface area contributed by atoms with Crippen molar-refractivity contribution in [2.45, 2.75) is 23.7 Å². The molecule has 2 N–H and O–H groups in total. The van der Waals surface area contributed by atoms with E-state index >= 15 is 0 Å². The lowest BCUT2D eigenvalue weighted by Crippen LogP contribution is -2.52. The summed E-state index contributed by atoms with van der Waals surface area (Å²) in [6.45, 7) is 3.45. The summed E-state index contributed by atoms with van der Waals surface area (Å²) < 4.78 is 5.58. The second-order valence-electron chi connectivity index (χ2n) is 6.21. The minimum atomic E-state index is -1.70. The van der Waals surface area contributed by atoms with Gasteiger partial charge in [0, 0.05) is 12.4 Å². The second kappa shape index (κ2) is 7.20. The van der Waals surface area contributed by atoms with Crippen LogP contribution in [0.15, 0.2) is 49.1 Å². The first-order valence-electron chi connectivity index (χ1n) is 7.82. The number of H-pyrrole nitrogens is 2. The number of hydrogen-bond acceptors (Lipinski definition) is 5. The molecule has 2 aromatic heterocycles. The van der Waals surface area contributed by atoms with Gasteiger partial charge >= 0.3 is 0 Å². The highest BCUT2D eigenvalue weighted by Gasteiger charge is 2.57. The maximum absolute atomic E-state index is 13.7. The average molecular weight is 439 g/mol. The average Bonchev–Trinajstić information content (AvgIpc) is 3.34. The van der Waals surface area contributed by atoms with Crippen LogP contribution in [0, 0.1) is 5.41 Å². The Morgan fingerprint density at radius 2 is 2.00 bits per heavy atom. The molecule has 3 rings (SSSR count). The summed E-state index contributed by atoms with van der Waals surface area (Å²) in [5.74, 6) is 0.530. The molecule has 0 saturated carbocycles. The monoisotopic (exact) mass is 437 g/mol. The molecule has 0 saturated heterocycles. The number of alkyl halides is 2. The van der Waals surface area contributed by atoms with E-state index in [1.54, 1.807) is 32.2 Å². The molecule has 0 bridgehead atoms. The Kier molecular flexibility index (Phi) is 5.15. The van der Waals surface area contributed by atoms with Crippen LogP contribution in [-0.4, -0.2) is 35.2 Å². The van der Waals surface area contributed by atoms with Crippen molar-refractivity contribution in [1.29, 1.82) is 0 Å². The number of imidazole rings is 1. The fourth-order valence-corrected chi connectivity index (χ4v) is 2.82. The number of para-hydroxylation sites is 1. The van der Waals surface area contributed by atoms with Gasteiger partial charge in [-0.05, 0) is 12.1 Å². The summed E-state index contributed by atoms with van der Waals surface area (Å²) in [6, 6.07) is 8.97. The number of nitrogens with one attached hydrogen (secondary N) is 2. The number of hydrogen-bond donors (Lipinski definition) is 2. The predicted octanol–water partition coefficient (Wildman–Crippen LogP) is 3.41. The van der Waals surface area contributed by atoms with Gasteiger partial charge in [0.1, 0.15) is 16.4 Å². The van der Waals surface area contributed by atoms with Gasteiger partial charge in [-0.15, -0.1) is 11.6 Å². The highest BCUT2D eigenvalue weighted by molar-refractivity contribution is 9.10. The standard InChI is InChI=1S/C17H17BrClN5O2/c1-16(2,13(18)19)12(25)17(14-20-8-9-21-14,15-22-10-23-24-15)26-11-6-4-3-5-7-11/h3-10,13H,1-2H3,(H,20,21)(H,22,23,24). The molecule has 2 heterocycles. The molecule has 0 aliphatic carbocycles. The first-order valence-corrected chi connectivity index (χ1v) is 9.17. The van der Waals surface area contributed by atoms with Gasteiger partial charge in [0.2, 0.25) is 5.82 Å². The van der Waals surface area contributed by atoms with E-state index in [2.05, 4.69) is 41.1 Å². The molecule has 0 aliphatic heterocycles. The zero-order valence-electron chi connectivity index (χ0n) is 14.1. The Morgan fingerprint density at radius 1 is 1.27 bits per heavy atom. The van der Waals surface area contributed by atoms with Crippen molar-refractivity contribution in [2.75, 3.05) is 0 Å². The van der Waals surface area contributed by atoms with Gasteiger partial charge in [0.05, 0.1) is 5.41 Å². The van der Waals surface area contributed by atoms with Crippen molar-refractivity contribution < 1.29 is 9.53 Å². The van der Waals surface area contributed by atoms with Gasteiger partial charge in [-0.25, -0.2) is 9.97 Å². The lowest BCUT2D eigenvalue weighted by Gasteiger charge is -2.36. The molecule has 0 radical (unpaired) electrons. The summed E-state index contributed by atoms with van der Waals surface area (Å²) in [4.78, 5) is 25.2. The minimum Gasteiger partial charge on any atom is -0.463 e. The van der Waals surface area contributed by atoms with E-state index < -0.39 is 15.3 Å². The zero-order chi connectivity index (χ0) is 18.8. The van der Waals surface area contributed by atoms with E-state index in [0.717, 1.165) is 0 Å². The Labute approximate surface area is 163 Å². The normalized spacial score (nSPS) is 15.2. The number of ketones is 1. The highest BCUT2D eigenvalue weighted by atomic mass is 79.9. The number of halogens is 2. The molecule has 1 aromatic carbocycles. The zero-order valence-corrected chi connectivity index (χ0v) is 16.5. The predicted molar refractivity (Wildman–Crippen MR) is 100 cm³/mol. The summed E-state index contributed by atoms with van der Waals surface area (Å²) in [5.41, 5.74) is -2.72. The molecule has 9 heteroatoms. The van der Waals surface area contributed by atoms with Crippen LogP contribution in [0.2, 0.25) is 0 Å². The van der Waals surface area contributed by atoms with Gasteiger partial charge < -0.3 is 9.72 Å². The van der Waals surface area contributed by atoms with Crippen LogP contribution in [0.4, 0.5) is 0 Å².